The molecule has 0 aliphatic rings. The average molecular weight is 389 g/mol. The minimum Gasteiger partial charge on any atom is -0.352 e. The van der Waals surface area contributed by atoms with Gasteiger partial charge in [0.25, 0.3) is 5.91 Å². The molecule has 6 nitrogen and oxygen atoms in total. The Morgan fingerprint density at radius 2 is 1.96 bits per heavy atom. The maximum absolute atomic E-state index is 12.5. The number of benzene rings is 2. The summed E-state index contributed by atoms with van der Waals surface area (Å²) in [5.74, 6) is -0.102. The summed E-state index contributed by atoms with van der Waals surface area (Å²) in [6, 6.07) is 17.5. The van der Waals surface area contributed by atoms with Crippen LogP contribution >= 0.6 is 12.6 Å². The molecule has 140 valence electrons. The summed E-state index contributed by atoms with van der Waals surface area (Å²) < 4.78 is 0. The van der Waals surface area contributed by atoms with Crippen molar-refractivity contribution in [2.45, 2.75) is 11.7 Å². The van der Waals surface area contributed by atoms with Crippen LogP contribution in [-0.4, -0.2) is 32.6 Å². The third kappa shape index (κ3) is 3.89. The first-order valence-corrected chi connectivity index (χ1v) is 9.48. The number of nitrogens with zero attached hydrogens (tertiary/aromatic N) is 3. The number of carbonyl (C=O) groups is 1. The van der Waals surface area contributed by atoms with E-state index in [-0.39, 0.29) is 11.2 Å². The van der Waals surface area contributed by atoms with Crippen LogP contribution in [0.4, 0.5) is 0 Å². The Bertz CT molecular complexity index is 1100. The lowest BCUT2D eigenvalue weighted by Crippen LogP contribution is -2.25. The van der Waals surface area contributed by atoms with Crippen LogP contribution in [0.3, 0.4) is 0 Å². The van der Waals surface area contributed by atoms with Gasteiger partial charge in [0.05, 0.1) is 22.5 Å². The molecule has 1 atom stereocenters. The lowest BCUT2D eigenvalue weighted by Gasteiger charge is -2.13. The van der Waals surface area contributed by atoms with Crippen LogP contribution in [0.5, 0.6) is 0 Å². The van der Waals surface area contributed by atoms with Gasteiger partial charge in [-0.05, 0) is 29.7 Å². The summed E-state index contributed by atoms with van der Waals surface area (Å²) in [5.41, 5.74) is 4.10. The first-order valence-electron chi connectivity index (χ1n) is 8.96. The van der Waals surface area contributed by atoms with Crippen LogP contribution in [-0.2, 0) is 6.42 Å². The monoisotopic (exact) mass is 389 g/mol. The first kappa shape index (κ1) is 18.2. The molecule has 1 amide bonds. The van der Waals surface area contributed by atoms with E-state index < -0.39 is 0 Å². The van der Waals surface area contributed by atoms with Crippen molar-refractivity contribution in [1.82, 2.24) is 25.5 Å². The summed E-state index contributed by atoms with van der Waals surface area (Å²) in [6.07, 6.45) is 3.97. The van der Waals surface area contributed by atoms with E-state index in [2.05, 4.69) is 37.6 Å². The number of hydrogen-bond donors (Lipinski definition) is 3. The van der Waals surface area contributed by atoms with Crippen molar-refractivity contribution in [2.75, 3.05) is 6.54 Å². The van der Waals surface area contributed by atoms with E-state index in [0.717, 1.165) is 23.1 Å². The smallest absolute Gasteiger partial charge is 0.251 e. The molecule has 2 heterocycles. The lowest BCUT2D eigenvalue weighted by molar-refractivity contribution is 0.0954. The zero-order valence-corrected chi connectivity index (χ0v) is 15.9. The van der Waals surface area contributed by atoms with E-state index in [1.54, 1.807) is 12.3 Å². The molecule has 7 heteroatoms. The highest BCUT2D eigenvalue weighted by molar-refractivity contribution is 7.80. The van der Waals surface area contributed by atoms with Crippen molar-refractivity contribution in [3.63, 3.8) is 0 Å². The largest absolute Gasteiger partial charge is 0.352 e. The van der Waals surface area contributed by atoms with E-state index in [1.807, 2.05) is 36.4 Å². The zero-order valence-electron chi connectivity index (χ0n) is 15.0. The van der Waals surface area contributed by atoms with Gasteiger partial charge in [0, 0.05) is 12.1 Å². The van der Waals surface area contributed by atoms with E-state index >= 15 is 0 Å². The lowest BCUT2D eigenvalue weighted by atomic mass is 10.0. The van der Waals surface area contributed by atoms with Gasteiger partial charge in [-0.2, -0.15) is 17.7 Å². The molecule has 0 bridgehead atoms. The maximum atomic E-state index is 12.5. The molecule has 4 aromatic rings. The second-order valence-corrected chi connectivity index (χ2v) is 6.93. The second kappa shape index (κ2) is 8.22. The minimum atomic E-state index is -0.292. The van der Waals surface area contributed by atoms with Crippen LogP contribution in [0.2, 0.25) is 0 Å². The highest BCUT2D eigenvalue weighted by atomic mass is 32.1. The minimum absolute atomic E-state index is 0.102. The summed E-state index contributed by atoms with van der Waals surface area (Å²) in [7, 11) is 0. The fourth-order valence-corrected chi connectivity index (χ4v) is 3.44. The Kier molecular flexibility index (Phi) is 5.34. The van der Waals surface area contributed by atoms with Crippen molar-refractivity contribution >= 4 is 29.6 Å². The van der Waals surface area contributed by atoms with Gasteiger partial charge in [0.15, 0.2) is 5.65 Å². The summed E-state index contributed by atoms with van der Waals surface area (Å²) in [5, 5.41) is 10.4. The Morgan fingerprint density at radius 3 is 2.82 bits per heavy atom. The molecule has 2 N–H and O–H groups in total. The summed E-state index contributed by atoms with van der Waals surface area (Å²) >= 11 is 4.73. The Morgan fingerprint density at radius 1 is 1.11 bits per heavy atom. The van der Waals surface area contributed by atoms with Crippen LogP contribution in [0.15, 0.2) is 67.1 Å². The molecular weight excluding hydrogens is 370 g/mol. The van der Waals surface area contributed by atoms with Gasteiger partial charge < -0.3 is 5.32 Å². The van der Waals surface area contributed by atoms with Crippen molar-refractivity contribution < 1.29 is 4.79 Å². The predicted octanol–water partition coefficient (Wildman–Crippen LogP) is 3.34. The Labute approximate surface area is 167 Å². The molecule has 1 unspecified atom stereocenters. The number of fused-ring (bicyclic) bond motifs is 1. The Hall–Kier alpha value is -3.19. The molecular formula is C21H19N5OS. The topological polar surface area (TPSA) is 83.6 Å². The van der Waals surface area contributed by atoms with Gasteiger partial charge in [-0.25, -0.2) is 9.97 Å². The van der Waals surface area contributed by atoms with Crippen molar-refractivity contribution in [3.8, 4) is 0 Å². The van der Waals surface area contributed by atoms with E-state index in [1.165, 1.54) is 11.9 Å². The fourth-order valence-electron chi connectivity index (χ4n) is 3.08. The Balaban J connectivity index is 1.48. The molecule has 0 saturated heterocycles. The molecule has 0 radical (unpaired) electrons. The number of hydrogen-bond acceptors (Lipinski definition) is 5. The summed E-state index contributed by atoms with van der Waals surface area (Å²) in [6.45, 7) is 0.582. The molecule has 0 fully saturated rings. The molecule has 0 saturated carbocycles. The van der Waals surface area contributed by atoms with Crippen LogP contribution < -0.4 is 5.32 Å². The zero-order chi connectivity index (χ0) is 19.3. The quantitative estimate of drug-likeness (QED) is 0.442. The normalized spacial score (nSPS) is 12.0. The van der Waals surface area contributed by atoms with Crippen LogP contribution in [0.1, 0.15) is 32.4 Å². The predicted molar refractivity (Wildman–Crippen MR) is 111 cm³/mol. The SMILES string of the molecule is O=C(NCCc1ccccc1)c1cccc(C(S)c2ncnc3[nH]ncc23)c1. The molecule has 2 aromatic heterocycles. The maximum Gasteiger partial charge on any atom is 0.251 e. The molecule has 28 heavy (non-hydrogen) atoms. The van der Waals surface area contributed by atoms with Gasteiger partial charge in [0.1, 0.15) is 6.33 Å². The molecule has 0 spiro atoms. The van der Waals surface area contributed by atoms with Crippen molar-refractivity contribution in [1.29, 1.82) is 0 Å². The van der Waals surface area contributed by atoms with E-state index in [4.69, 9.17) is 12.6 Å². The van der Waals surface area contributed by atoms with E-state index in [0.29, 0.717) is 17.8 Å². The number of carbonyl (C=O) groups excluding carboxylic acids is 1. The number of aromatic amines is 1. The number of rotatable bonds is 6. The van der Waals surface area contributed by atoms with Gasteiger partial charge >= 0.3 is 0 Å². The fraction of sp³-hybridized carbons (Fsp3) is 0.143. The van der Waals surface area contributed by atoms with Crippen LogP contribution in [0, 0.1) is 0 Å². The van der Waals surface area contributed by atoms with Gasteiger partial charge in [-0.15, -0.1) is 0 Å². The third-order valence-electron chi connectivity index (χ3n) is 4.54. The number of nitrogens with one attached hydrogen (secondary N) is 2. The summed E-state index contributed by atoms with van der Waals surface area (Å²) in [4.78, 5) is 21.1. The second-order valence-electron chi connectivity index (χ2n) is 6.41. The van der Waals surface area contributed by atoms with Crippen molar-refractivity contribution in [3.05, 3.63) is 89.5 Å². The highest BCUT2D eigenvalue weighted by Crippen LogP contribution is 2.30. The molecule has 0 aliphatic heterocycles. The van der Waals surface area contributed by atoms with Gasteiger partial charge in [-0.3, -0.25) is 9.89 Å². The molecule has 0 aliphatic carbocycles. The third-order valence-corrected chi connectivity index (χ3v) is 5.09. The highest BCUT2D eigenvalue weighted by Gasteiger charge is 2.17. The number of amides is 1. The molecule has 2 aromatic carbocycles. The standard InChI is InChI=1S/C21H19N5OS/c27-21(22-10-9-14-5-2-1-3-6-14)16-8-4-7-15(11-16)19(28)18-17-12-25-26-20(17)24-13-23-18/h1-8,11-13,19,28H,9-10H2,(H,22,27)(H,23,24,25,26). The van der Waals surface area contributed by atoms with Gasteiger partial charge in [-0.1, -0.05) is 42.5 Å². The number of thiol groups is 1. The average Bonchev–Trinajstić information content (AvgIpc) is 3.23. The number of aromatic nitrogens is 4. The van der Waals surface area contributed by atoms with Gasteiger partial charge in [0.2, 0.25) is 0 Å². The first-order chi connectivity index (χ1) is 13.7. The molecule has 4 rings (SSSR count). The van der Waals surface area contributed by atoms with Crippen LogP contribution in [0.25, 0.3) is 11.0 Å². The number of H-pyrrole nitrogens is 1. The van der Waals surface area contributed by atoms with Crippen molar-refractivity contribution in [2.24, 2.45) is 0 Å². The van der Waals surface area contributed by atoms with E-state index in [9.17, 15) is 4.79 Å².